The number of rotatable bonds is 55. The van der Waals surface area contributed by atoms with Crippen LogP contribution in [0.4, 0.5) is 0 Å². The lowest BCUT2D eigenvalue weighted by Crippen LogP contribution is -2.61. The number of amides is 14. The van der Waals surface area contributed by atoms with Gasteiger partial charge in [0.25, 0.3) is 0 Å². The summed E-state index contributed by atoms with van der Waals surface area (Å²) >= 11 is 0. The number of primary amides is 1. The Labute approximate surface area is 673 Å². The summed E-state index contributed by atoms with van der Waals surface area (Å²) < 4.78 is 0. The largest absolute Gasteiger partial charge is 0.508 e. The summed E-state index contributed by atoms with van der Waals surface area (Å²) in [4.78, 5) is 205. The zero-order chi connectivity index (χ0) is 85.7. The van der Waals surface area contributed by atoms with Gasteiger partial charge in [-0.05, 0) is 170 Å². The first-order chi connectivity index (χ1) is 54.6. The molecule has 1 fully saturated rings. The molecule has 0 aromatic heterocycles. The molecule has 29 N–H and O–H groups in total. The van der Waals surface area contributed by atoms with E-state index in [-0.39, 0.29) is 158 Å². The van der Waals surface area contributed by atoms with Gasteiger partial charge in [0.2, 0.25) is 82.7 Å². The van der Waals surface area contributed by atoms with Gasteiger partial charge in [-0.15, -0.1) is 0 Å². The number of nitrogens with zero attached hydrogens (tertiary/aromatic N) is 3. The van der Waals surface area contributed by atoms with Gasteiger partial charge in [-0.1, -0.05) is 90.4 Å². The third-order valence-electron chi connectivity index (χ3n) is 19.1. The van der Waals surface area contributed by atoms with Crippen molar-refractivity contribution in [2.75, 3.05) is 52.4 Å². The van der Waals surface area contributed by atoms with Crippen LogP contribution in [-0.4, -0.2) is 223 Å². The van der Waals surface area contributed by atoms with Crippen molar-refractivity contribution in [3.05, 3.63) is 65.7 Å². The predicted molar refractivity (Wildman–Crippen MR) is 434 cm³/mol. The lowest BCUT2D eigenvalue weighted by molar-refractivity contribution is -0.143. The van der Waals surface area contributed by atoms with Gasteiger partial charge in [0.05, 0.1) is 19.1 Å². The summed E-state index contributed by atoms with van der Waals surface area (Å²) in [6.45, 7) is 11.7. The Balaban J connectivity index is 1.98. The molecule has 1 saturated heterocycles. The van der Waals surface area contributed by atoms with Gasteiger partial charge in [0.15, 0.2) is 11.9 Å². The number of unbranched alkanes of at least 4 members (excludes halogenated alkanes) is 3. The molecule has 0 bridgehead atoms. The van der Waals surface area contributed by atoms with Crippen molar-refractivity contribution >= 4 is 94.6 Å². The Kier molecular flexibility index (Phi) is 45.7. The van der Waals surface area contributed by atoms with Crippen LogP contribution in [-0.2, 0) is 80.0 Å². The highest BCUT2D eigenvalue weighted by atomic mass is 16.3. The van der Waals surface area contributed by atoms with E-state index in [4.69, 9.17) is 45.9 Å². The molecule has 3 rings (SSSR count). The molecule has 14 amide bonds. The molecule has 2 aromatic rings. The molecule has 1 aliphatic heterocycles. The first-order valence-corrected chi connectivity index (χ1v) is 39.8. The minimum Gasteiger partial charge on any atom is -0.508 e. The summed E-state index contributed by atoms with van der Waals surface area (Å²) in [5, 5.41) is 41.9. The van der Waals surface area contributed by atoms with E-state index in [9.17, 15) is 62.6 Å². The lowest BCUT2D eigenvalue weighted by Gasteiger charge is -2.32. The second-order valence-corrected chi connectivity index (χ2v) is 29.9. The number of likely N-dealkylation sites (tertiary alicyclic amines) is 1. The third-order valence-corrected chi connectivity index (χ3v) is 19.1. The zero-order valence-corrected chi connectivity index (χ0v) is 67.7. The monoisotopic (exact) mass is 1620 g/mol. The number of benzene rings is 2. The molecule has 0 radical (unpaired) electrons. The van der Waals surface area contributed by atoms with E-state index >= 15 is 9.59 Å². The number of guanidine groups is 2. The second-order valence-electron chi connectivity index (χ2n) is 29.9. The molecule has 0 aliphatic carbocycles. The predicted octanol–water partition coefficient (Wildman–Crippen LogP) is -3.61. The molecular formula is C77H129N23O15. The summed E-state index contributed by atoms with van der Waals surface area (Å²) in [6.07, 6.45) is 3.65. The minimum absolute atomic E-state index is 0.00623. The van der Waals surface area contributed by atoms with Gasteiger partial charge in [0.1, 0.15) is 66.2 Å². The van der Waals surface area contributed by atoms with Gasteiger partial charge in [-0.25, -0.2) is 0 Å². The molecule has 642 valence electrons. The first kappa shape index (κ1) is 98.4. The van der Waals surface area contributed by atoms with Gasteiger partial charge in [0, 0.05) is 39.5 Å². The number of carbonyl (C=O) groups is 14. The summed E-state index contributed by atoms with van der Waals surface area (Å²) in [6, 6.07) is 0.694. The fraction of sp³-hybridized carbons (Fsp3) is 0.636. The van der Waals surface area contributed by atoms with Crippen LogP contribution in [0, 0.1) is 17.8 Å². The third kappa shape index (κ3) is 38.8. The number of aromatic hydroxyl groups is 1. The number of nitrogens with one attached hydrogen (secondary N) is 12. The quantitative estimate of drug-likeness (QED) is 0.0173. The molecule has 2 aromatic carbocycles. The van der Waals surface area contributed by atoms with Gasteiger partial charge < -0.3 is 120 Å². The van der Waals surface area contributed by atoms with Crippen molar-refractivity contribution in [3.63, 3.8) is 0 Å². The molecule has 115 heavy (non-hydrogen) atoms. The van der Waals surface area contributed by atoms with E-state index in [0.29, 0.717) is 56.2 Å². The number of carbonyl (C=O) groups excluding carboxylic acids is 14. The van der Waals surface area contributed by atoms with E-state index in [0.717, 1.165) is 0 Å². The van der Waals surface area contributed by atoms with Crippen LogP contribution in [0.3, 0.4) is 0 Å². The summed E-state index contributed by atoms with van der Waals surface area (Å²) in [5.74, 6) is -11.8. The molecule has 0 spiro atoms. The highest BCUT2D eigenvalue weighted by molar-refractivity contribution is 6.00. The fourth-order valence-electron chi connectivity index (χ4n) is 12.7. The Hall–Kier alpha value is -10.8. The number of hydrogen-bond donors (Lipinski definition) is 21. The van der Waals surface area contributed by atoms with Crippen molar-refractivity contribution < 1.29 is 72.2 Å². The number of phenols is 1. The minimum atomic E-state index is -1.47. The SMILES string of the molecule is CCC(C)[C@H](NC(=O)[C@H](CCCN=C(N)N)NC(=O)[C@H](CCCCNC(C)=O)NC(=O)[C@H](CC(C)C)NC(=O)[C@H](Cc1ccccc1)NC(=O)CNC(=O)CNC(=O)[C@@H](N)Cc1ccc(O)cc1)C(=O)N[C@@H](CCCN=C(N)N)C(=O)N1CCC[C@H]1C(=O)N[C@@H](CCCCN)C(=O)N[C@@H](CC(C)C)C(=O)N[C@@H](CCCCN)C(N)=O. The summed E-state index contributed by atoms with van der Waals surface area (Å²) in [5.41, 5.74) is 47.1. The smallest absolute Gasteiger partial charge is 0.245 e. The molecule has 38 heteroatoms. The van der Waals surface area contributed by atoms with Crippen molar-refractivity contribution in [1.29, 1.82) is 0 Å². The van der Waals surface area contributed by atoms with Crippen LogP contribution in [0.1, 0.15) is 175 Å². The van der Waals surface area contributed by atoms with Crippen molar-refractivity contribution in [2.24, 2.45) is 73.6 Å². The average molecular weight is 1620 g/mol. The molecular weight excluding hydrogens is 1490 g/mol. The molecule has 0 saturated carbocycles. The molecule has 1 aliphatic rings. The number of phenolic OH excluding ortho intramolecular Hbond substituents is 1. The lowest BCUT2D eigenvalue weighted by atomic mass is 9.96. The fourth-order valence-corrected chi connectivity index (χ4v) is 12.7. The van der Waals surface area contributed by atoms with Crippen LogP contribution in [0.2, 0.25) is 0 Å². The highest BCUT2D eigenvalue weighted by Gasteiger charge is 2.42. The van der Waals surface area contributed by atoms with Crippen LogP contribution in [0.25, 0.3) is 0 Å². The van der Waals surface area contributed by atoms with Crippen molar-refractivity contribution in [2.45, 2.75) is 243 Å². The number of nitrogens with two attached hydrogens (primary N) is 8. The van der Waals surface area contributed by atoms with E-state index < -0.39 is 162 Å². The van der Waals surface area contributed by atoms with Crippen molar-refractivity contribution in [3.8, 4) is 5.75 Å². The summed E-state index contributed by atoms with van der Waals surface area (Å²) in [7, 11) is 0. The Morgan fingerprint density at radius 2 is 0.930 bits per heavy atom. The first-order valence-electron chi connectivity index (χ1n) is 39.8. The van der Waals surface area contributed by atoms with E-state index in [2.05, 4.69) is 73.8 Å². The van der Waals surface area contributed by atoms with Crippen LogP contribution < -0.4 is 110 Å². The maximum Gasteiger partial charge on any atom is 0.245 e. The second kappa shape index (κ2) is 53.3. The van der Waals surface area contributed by atoms with Crippen LogP contribution >= 0.6 is 0 Å². The van der Waals surface area contributed by atoms with E-state index in [1.54, 1.807) is 70.2 Å². The van der Waals surface area contributed by atoms with Crippen molar-refractivity contribution in [1.82, 2.24) is 68.7 Å². The Morgan fingerprint density at radius 1 is 0.478 bits per heavy atom. The average Bonchev–Trinajstić information content (AvgIpc) is 1.71. The maximum absolute atomic E-state index is 15.1. The van der Waals surface area contributed by atoms with Gasteiger partial charge in [-0.3, -0.25) is 77.1 Å². The van der Waals surface area contributed by atoms with Gasteiger partial charge in [-0.2, -0.15) is 0 Å². The van der Waals surface area contributed by atoms with Gasteiger partial charge >= 0.3 is 0 Å². The molecule has 1 heterocycles. The maximum atomic E-state index is 15.1. The standard InChI is InChI=1S/C77H129N23O15/c1-8-47(6)64(74(114)96-57(27-19-37-88-77(84)85)75(115)100-38-20-28-61(100)73(113)95-55(24-13-16-34-79)68(108)97-58(39-45(2)3)70(110)92-53(65(81)105)23-12-15-33-78)99-69(109)56(26-18-36-87-76(82)83)93-67(107)54(25-14-17-35-86-48(7)101)94-71(111)59(40-46(4)5)98-72(112)60(42-49-21-10-9-11-22-49)91-63(104)44-89-62(103)43-90-66(106)52(80)41-50-29-31-51(102)32-30-50/h9-11,21-22,29-32,45-47,52-61,64,102H,8,12-20,23-28,33-44,78-80H2,1-7H3,(H2,81,105)(H,86,101)(H,89,103)(H,90,106)(H,91,104)(H,92,110)(H,93,107)(H,94,111)(H,95,113)(H,96,114)(H,97,108)(H,98,112)(H,99,109)(H4,82,83,87)(H4,84,85,88)/t47?,52-,53-,54-,55-,56-,57-,58-,59-,60-,61-,64-/m0/s1. The normalized spacial score (nSPS) is 15.3. The van der Waals surface area contributed by atoms with E-state index in [1.165, 1.54) is 24.0 Å². The number of hydrogen-bond acceptors (Lipinski definition) is 20. The molecule has 12 atom stereocenters. The molecule has 1 unspecified atom stereocenters. The topological polar surface area (TPSA) is 640 Å². The zero-order valence-electron chi connectivity index (χ0n) is 67.7. The number of aliphatic imine (C=N–C) groups is 2. The Morgan fingerprint density at radius 3 is 1.44 bits per heavy atom. The highest BCUT2D eigenvalue weighted by Crippen LogP contribution is 2.23. The van der Waals surface area contributed by atoms with E-state index in [1.807, 2.05) is 13.8 Å². The Bertz CT molecular complexity index is 3530. The van der Waals surface area contributed by atoms with Crippen LogP contribution in [0.15, 0.2) is 64.6 Å². The molecule has 38 nitrogen and oxygen atoms in total. The van der Waals surface area contributed by atoms with Crippen LogP contribution in [0.5, 0.6) is 5.75 Å².